The predicted molar refractivity (Wildman–Crippen MR) is 70.0 cm³/mol. The van der Waals surface area contributed by atoms with Crippen LogP contribution in [0.5, 0.6) is 0 Å². The Morgan fingerprint density at radius 1 is 1.35 bits per heavy atom. The first-order valence-electron chi connectivity index (χ1n) is 6.47. The Balaban J connectivity index is 1.81. The fraction of sp³-hybridized carbons (Fsp3) is 0.462. The number of fused-ring (bicyclic) bond motifs is 2. The van der Waals surface area contributed by atoms with Crippen LogP contribution in [-0.2, 0) is 14.8 Å². The molecule has 2 heterocycles. The van der Waals surface area contributed by atoms with Crippen LogP contribution in [0.4, 0.5) is 0 Å². The molecule has 0 amide bonds. The molecular formula is C13H15NO5S. The Morgan fingerprint density at radius 3 is 2.75 bits per heavy atom. The number of nitrogens with one attached hydrogen (secondary N) is 1. The van der Waals surface area contributed by atoms with Crippen LogP contribution in [0, 0.1) is 0 Å². The number of hydrogen-bond acceptors (Lipinski definition) is 4. The van der Waals surface area contributed by atoms with Crippen molar-refractivity contribution >= 4 is 16.0 Å². The molecule has 3 atom stereocenters. The van der Waals surface area contributed by atoms with E-state index in [0.29, 0.717) is 6.42 Å². The van der Waals surface area contributed by atoms with Crippen LogP contribution >= 0.6 is 0 Å². The van der Waals surface area contributed by atoms with Crippen LogP contribution in [0.25, 0.3) is 0 Å². The molecule has 6 nitrogen and oxygen atoms in total. The van der Waals surface area contributed by atoms with Gasteiger partial charge >= 0.3 is 5.97 Å². The molecule has 2 aliphatic heterocycles. The molecule has 0 saturated carbocycles. The number of carboxylic acids is 1. The lowest BCUT2D eigenvalue weighted by Gasteiger charge is -2.20. The molecule has 1 aromatic rings. The summed E-state index contributed by atoms with van der Waals surface area (Å²) in [6.45, 7) is 0. The Kier molecular flexibility index (Phi) is 3.27. The molecule has 2 fully saturated rings. The van der Waals surface area contributed by atoms with E-state index in [1.165, 1.54) is 24.3 Å². The minimum absolute atomic E-state index is 0.0276. The first kappa shape index (κ1) is 13.5. The van der Waals surface area contributed by atoms with E-state index in [0.717, 1.165) is 12.8 Å². The zero-order valence-corrected chi connectivity index (χ0v) is 11.5. The van der Waals surface area contributed by atoms with Gasteiger partial charge in [-0.05, 0) is 37.5 Å². The SMILES string of the molecule is O=C(O)c1cccc(S(=O)(=O)NC2CC3CCC2O3)c1. The lowest BCUT2D eigenvalue weighted by Crippen LogP contribution is -2.41. The van der Waals surface area contributed by atoms with Gasteiger partial charge in [-0.1, -0.05) is 6.07 Å². The van der Waals surface area contributed by atoms with Gasteiger partial charge in [-0.3, -0.25) is 0 Å². The first-order chi connectivity index (χ1) is 9.45. The average molecular weight is 297 g/mol. The second-order valence-corrected chi connectivity index (χ2v) is 6.88. The van der Waals surface area contributed by atoms with E-state index in [-0.39, 0.29) is 28.7 Å². The molecule has 2 bridgehead atoms. The van der Waals surface area contributed by atoms with E-state index >= 15 is 0 Å². The third-order valence-corrected chi connectivity index (χ3v) is 5.29. The van der Waals surface area contributed by atoms with Crippen molar-refractivity contribution < 1.29 is 23.1 Å². The largest absolute Gasteiger partial charge is 0.478 e. The van der Waals surface area contributed by atoms with E-state index in [2.05, 4.69) is 4.72 Å². The van der Waals surface area contributed by atoms with Gasteiger partial charge in [-0.25, -0.2) is 17.9 Å². The smallest absolute Gasteiger partial charge is 0.335 e. The molecular weight excluding hydrogens is 282 g/mol. The molecule has 2 N–H and O–H groups in total. The molecule has 0 aromatic heterocycles. The number of sulfonamides is 1. The molecule has 2 saturated heterocycles. The van der Waals surface area contributed by atoms with E-state index in [1.54, 1.807) is 0 Å². The topological polar surface area (TPSA) is 92.7 Å². The van der Waals surface area contributed by atoms with E-state index in [9.17, 15) is 13.2 Å². The molecule has 2 aliphatic rings. The standard InChI is InChI=1S/C13H15NO5S/c15-13(16)8-2-1-3-10(6-8)20(17,18)14-11-7-9-4-5-12(11)19-9/h1-3,6,9,11-12,14H,4-5,7H2,(H,15,16). The second-order valence-electron chi connectivity index (χ2n) is 5.17. The normalized spacial score (nSPS) is 28.7. The fourth-order valence-electron chi connectivity index (χ4n) is 2.83. The van der Waals surface area contributed by atoms with Crippen LogP contribution in [0.1, 0.15) is 29.6 Å². The number of ether oxygens (including phenoxy) is 1. The summed E-state index contributed by atoms with van der Waals surface area (Å²) >= 11 is 0. The van der Waals surface area contributed by atoms with Crippen LogP contribution < -0.4 is 4.72 Å². The summed E-state index contributed by atoms with van der Waals surface area (Å²) in [4.78, 5) is 10.9. The molecule has 20 heavy (non-hydrogen) atoms. The molecule has 0 radical (unpaired) electrons. The first-order valence-corrected chi connectivity index (χ1v) is 7.95. The van der Waals surface area contributed by atoms with Crippen molar-refractivity contribution in [3.63, 3.8) is 0 Å². The van der Waals surface area contributed by atoms with Gasteiger partial charge in [-0.15, -0.1) is 0 Å². The van der Waals surface area contributed by atoms with Crippen molar-refractivity contribution in [2.24, 2.45) is 0 Å². The Bertz CT molecular complexity index is 642. The summed E-state index contributed by atoms with van der Waals surface area (Å²) in [6, 6.07) is 5.13. The maximum Gasteiger partial charge on any atom is 0.335 e. The van der Waals surface area contributed by atoms with E-state index in [4.69, 9.17) is 9.84 Å². The van der Waals surface area contributed by atoms with Crippen molar-refractivity contribution in [2.75, 3.05) is 0 Å². The molecule has 1 aromatic carbocycles. The number of hydrogen-bond donors (Lipinski definition) is 2. The summed E-state index contributed by atoms with van der Waals surface area (Å²) in [5.41, 5.74) is -0.0444. The Morgan fingerprint density at radius 2 is 2.15 bits per heavy atom. The van der Waals surface area contributed by atoms with Gasteiger partial charge in [-0.2, -0.15) is 0 Å². The molecule has 0 aliphatic carbocycles. The maximum atomic E-state index is 12.3. The predicted octanol–water partition coefficient (Wildman–Crippen LogP) is 0.983. The number of carboxylic acid groups (broad SMARTS) is 1. The maximum absolute atomic E-state index is 12.3. The molecule has 3 unspecified atom stereocenters. The number of aromatic carboxylic acids is 1. The summed E-state index contributed by atoms with van der Waals surface area (Å²) in [7, 11) is -3.72. The third-order valence-electron chi connectivity index (χ3n) is 3.80. The van der Waals surface area contributed by atoms with Crippen LogP contribution in [-0.4, -0.2) is 37.7 Å². The average Bonchev–Trinajstić information content (AvgIpc) is 3.00. The highest BCUT2D eigenvalue weighted by molar-refractivity contribution is 7.89. The number of benzene rings is 1. The highest BCUT2D eigenvalue weighted by Gasteiger charge is 2.42. The van der Waals surface area contributed by atoms with Crippen LogP contribution in [0.15, 0.2) is 29.2 Å². The quantitative estimate of drug-likeness (QED) is 0.864. The second kappa shape index (κ2) is 4.83. The van der Waals surface area contributed by atoms with Gasteiger partial charge in [0.05, 0.1) is 28.7 Å². The lowest BCUT2D eigenvalue weighted by atomic mass is 9.96. The lowest BCUT2D eigenvalue weighted by molar-refractivity contribution is 0.0696. The third kappa shape index (κ3) is 2.44. The van der Waals surface area contributed by atoms with Crippen LogP contribution in [0.2, 0.25) is 0 Å². The summed E-state index contributed by atoms with van der Waals surface area (Å²) in [5.74, 6) is -1.15. The molecule has 3 rings (SSSR count). The molecule has 0 spiro atoms. The van der Waals surface area contributed by atoms with Crippen molar-refractivity contribution in [1.82, 2.24) is 4.72 Å². The van der Waals surface area contributed by atoms with Crippen molar-refractivity contribution in [3.05, 3.63) is 29.8 Å². The van der Waals surface area contributed by atoms with E-state index < -0.39 is 16.0 Å². The highest BCUT2D eigenvalue weighted by atomic mass is 32.2. The van der Waals surface area contributed by atoms with Crippen molar-refractivity contribution in [3.8, 4) is 0 Å². The minimum atomic E-state index is -3.72. The number of rotatable bonds is 4. The zero-order valence-electron chi connectivity index (χ0n) is 10.7. The van der Waals surface area contributed by atoms with Crippen molar-refractivity contribution in [1.29, 1.82) is 0 Å². The van der Waals surface area contributed by atoms with Gasteiger partial charge in [0, 0.05) is 0 Å². The fourth-order valence-corrected chi connectivity index (χ4v) is 4.15. The summed E-state index contributed by atoms with van der Waals surface area (Å²) < 4.78 is 32.8. The number of carbonyl (C=O) groups is 1. The highest BCUT2D eigenvalue weighted by Crippen LogP contribution is 2.35. The minimum Gasteiger partial charge on any atom is -0.478 e. The zero-order chi connectivity index (χ0) is 14.3. The Hall–Kier alpha value is -1.44. The molecule has 7 heteroatoms. The summed E-state index contributed by atoms with van der Waals surface area (Å²) in [6.07, 6.45) is 2.63. The van der Waals surface area contributed by atoms with Gasteiger partial charge in [0.15, 0.2) is 0 Å². The van der Waals surface area contributed by atoms with E-state index in [1.807, 2.05) is 0 Å². The monoisotopic (exact) mass is 297 g/mol. The summed E-state index contributed by atoms with van der Waals surface area (Å²) in [5, 5.41) is 8.91. The molecule has 108 valence electrons. The van der Waals surface area contributed by atoms with Gasteiger partial charge in [0.1, 0.15) is 0 Å². The van der Waals surface area contributed by atoms with Gasteiger partial charge in [0.2, 0.25) is 10.0 Å². The Labute approximate surface area is 116 Å². The van der Waals surface area contributed by atoms with Gasteiger partial charge < -0.3 is 9.84 Å². The van der Waals surface area contributed by atoms with Crippen molar-refractivity contribution in [2.45, 2.75) is 42.4 Å². The van der Waals surface area contributed by atoms with Crippen LogP contribution in [0.3, 0.4) is 0 Å². The van der Waals surface area contributed by atoms with Gasteiger partial charge in [0.25, 0.3) is 0 Å².